The Balaban J connectivity index is 2.83. The molecular weight excluding hydrogens is 195 g/mol. The van der Waals surface area contributed by atoms with Crippen molar-refractivity contribution in [1.29, 1.82) is 0 Å². The van der Waals surface area contributed by atoms with Gasteiger partial charge in [-0.1, -0.05) is 11.6 Å². The molecule has 0 amide bonds. The summed E-state index contributed by atoms with van der Waals surface area (Å²) in [5.74, 6) is -0.445. The third kappa shape index (κ3) is 1.14. The summed E-state index contributed by atoms with van der Waals surface area (Å²) >= 11 is 5.74. The molecule has 0 bridgehead atoms. The zero-order valence-electron chi connectivity index (χ0n) is 6.77. The second kappa shape index (κ2) is 2.88. The van der Waals surface area contributed by atoms with Crippen molar-refractivity contribution in [2.45, 2.75) is 0 Å². The smallest absolute Gasteiger partial charge is 0.184 e. The molecule has 5 heteroatoms. The van der Waals surface area contributed by atoms with E-state index < -0.39 is 5.82 Å². The number of aromatic amines is 1. The highest BCUT2D eigenvalue weighted by atomic mass is 35.5. The lowest BCUT2D eigenvalue weighted by atomic mass is 10.2. The Labute approximate surface area is 78.5 Å². The number of rotatable bonds is 1. The molecule has 0 radical (unpaired) electrons. The first kappa shape index (κ1) is 8.31. The van der Waals surface area contributed by atoms with Crippen LogP contribution in [0.1, 0.15) is 0 Å². The van der Waals surface area contributed by atoms with Gasteiger partial charge in [0, 0.05) is 11.5 Å². The van der Waals surface area contributed by atoms with Crippen molar-refractivity contribution in [2.75, 3.05) is 7.11 Å². The number of aromatic nitrogens is 2. The predicted octanol–water partition coefficient (Wildman–Crippen LogP) is 2.36. The second-order valence-electron chi connectivity index (χ2n) is 2.54. The van der Waals surface area contributed by atoms with Crippen molar-refractivity contribution in [1.82, 2.24) is 10.2 Å². The van der Waals surface area contributed by atoms with Gasteiger partial charge in [0.15, 0.2) is 11.6 Å². The molecule has 13 heavy (non-hydrogen) atoms. The minimum Gasteiger partial charge on any atom is -0.494 e. The molecule has 1 heterocycles. The second-order valence-corrected chi connectivity index (χ2v) is 2.92. The van der Waals surface area contributed by atoms with Gasteiger partial charge >= 0.3 is 0 Å². The van der Waals surface area contributed by atoms with Crippen molar-refractivity contribution < 1.29 is 9.13 Å². The molecule has 0 unspecified atom stereocenters. The highest BCUT2D eigenvalue weighted by Crippen LogP contribution is 2.31. The van der Waals surface area contributed by atoms with E-state index in [9.17, 15) is 4.39 Å². The Kier molecular flexibility index (Phi) is 1.84. The van der Waals surface area contributed by atoms with Gasteiger partial charge in [0.1, 0.15) is 0 Å². The lowest BCUT2D eigenvalue weighted by Gasteiger charge is -2.03. The molecular formula is C8H6ClFN2O. The summed E-state index contributed by atoms with van der Waals surface area (Å²) in [6.07, 6.45) is 1.47. The van der Waals surface area contributed by atoms with Crippen molar-refractivity contribution in [3.8, 4) is 5.75 Å². The number of fused-ring (bicyclic) bond motifs is 1. The standard InChI is InChI=1S/C8H6ClFN2O/c1-13-6-2-5-4(3-11-12-5)7(9)8(6)10/h2-3H,1H3,(H,11,12). The van der Waals surface area contributed by atoms with E-state index in [2.05, 4.69) is 10.2 Å². The molecule has 0 saturated heterocycles. The van der Waals surface area contributed by atoms with E-state index in [0.717, 1.165) is 0 Å². The Morgan fingerprint density at radius 3 is 3.08 bits per heavy atom. The molecule has 2 aromatic rings. The van der Waals surface area contributed by atoms with E-state index in [1.807, 2.05) is 0 Å². The third-order valence-electron chi connectivity index (χ3n) is 1.81. The number of halogens is 2. The largest absolute Gasteiger partial charge is 0.494 e. The maximum absolute atomic E-state index is 13.3. The number of hydrogen-bond donors (Lipinski definition) is 1. The molecule has 0 atom stereocenters. The Bertz CT molecular complexity index is 455. The SMILES string of the molecule is COc1cc2[nH]ncc2c(Cl)c1F. The topological polar surface area (TPSA) is 37.9 Å². The molecule has 0 aliphatic heterocycles. The lowest BCUT2D eigenvalue weighted by Crippen LogP contribution is -1.89. The van der Waals surface area contributed by atoms with Gasteiger partial charge in [-0.3, -0.25) is 5.10 Å². The summed E-state index contributed by atoms with van der Waals surface area (Å²) in [5, 5.41) is 7.01. The van der Waals surface area contributed by atoms with Crippen LogP contribution < -0.4 is 4.74 Å². The van der Waals surface area contributed by atoms with Crippen molar-refractivity contribution in [3.63, 3.8) is 0 Å². The van der Waals surface area contributed by atoms with Crippen molar-refractivity contribution in [3.05, 3.63) is 23.1 Å². The Morgan fingerprint density at radius 1 is 1.62 bits per heavy atom. The highest BCUT2D eigenvalue weighted by molar-refractivity contribution is 6.35. The van der Waals surface area contributed by atoms with Crippen LogP contribution in [0.2, 0.25) is 5.02 Å². The maximum Gasteiger partial charge on any atom is 0.184 e. The Hall–Kier alpha value is -1.29. The first-order valence-corrected chi connectivity index (χ1v) is 3.97. The van der Waals surface area contributed by atoms with Gasteiger partial charge in [-0.05, 0) is 0 Å². The normalized spacial score (nSPS) is 10.7. The molecule has 0 spiro atoms. The maximum atomic E-state index is 13.3. The average molecular weight is 201 g/mol. The summed E-state index contributed by atoms with van der Waals surface area (Å²) in [6.45, 7) is 0. The molecule has 0 fully saturated rings. The number of hydrogen-bond acceptors (Lipinski definition) is 2. The Morgan fingerprint density at radius 2 is 2.38 bits per heavy atom. The molecule has 3 nitrogen and oxygen atoms in total. The van der Waals surface area contributed by atoms with E-state index in [4.69, 9.17) is 16.3 Å². The fraction of sp³-hybridized carbons (Fsp3) is 0.125. The highest BCUT2D eigenvalue weighted by Gasteiger charge is 2.12. The quantitative estimate of drug-likeness (QED) is 0.768. The molecule has 2 rings (SSSR count). The van der Waals surface area contributed by atoms with Crippen LogP contribution in [-0.2, 0) is 0 Å². The van der Waals surface area contributed by atoms with Gasteiger partial charge in [0.05, 0.1) is 23.8 Å². The molecule has 1 aromatic carbocycles. The molecule has 0 aliphatic rings. The van der Waals surface area contributed by atoms with Crippen LogP contribution in [0, 0.1) is 5.82 Å². The summed E-state index contributed by atoms with van der Waals surface area (Å²) in [6, 6.07) is 1.52. The summed E-state index contributed by atoms with van der Waals surface area (Å²) in [4.78, 5) is 0. The summed E-state index contributed by atoms with van der Waals surface area (Å²) < 4.78 is 18.1. The van der Waals surface area contributed by atoms with Crippen molar-refractivity contribution in [2.24, 2.45) is 0 Å². The number of H-pyrrole nitrogens is 1. The molecule has 0 aliphatic carbocycles. The lowest BCUT2D eigenvalue weighted by molar-refractivity contribution is 0.387. The minimum atomic E-state index is -0.557. The fourth-order valence-corrected chi connectivity index (χ4v) is 1.39. The van der Waals surface area contributed by atoms with E-state index in [1.54, 1.807) is 0 Å². The van der Waals surface area contributed by atoms with Crippen LogP contribution in [0.5, 0.6) is 5.75 Å². The van der Waals surface area contributed by atoms with Crippen LogP contribution in [0.3, 0.4) is 0 Å². The molecule has 0 saturated carbocycles. The molecule has 1 aromatic heterocycles. The number of benzene rings is 1. The van der Waals surface area contributed by atoms with Crippen LogP contribution in [0.25, 0.3) is 10.9 Å². The number of ether oxygens (including phenoxy) is 1. The van der Waals surface area contributed by atoms with Gasteiger partial charge < -0.3 is 4.74 Å². The average Bonchev–Trinajstić information content (AvgIpc) is 2.59. The minimum absolute atomic E-state index is 0.0306. The third-order valence-corrected chi connectivity index (χ3v) is 2.18. The van der Waals surface area contributed by atoms with Crippen molar-refractivity contribution >= 4 is 22.5 Å². The van der Waals surface area contributed by atoms with E-state index in [1.165, 1.54) is 19.4 Å². The number of nitrogens with zero attached hydrogens (tertiary/aromatic N) is 1. The van der Waals surface area contributed by atoms with Gasteiger partial charge in [-0.2, -0.15) is 5.10 Å². The van der Waals surface area contributed by atoms with Crippen LogP contribution in [0.15, 0.2) is 12.3 Å². The van der Waals surface area contributed by atoms with Gasteiger partial charge in [0.25, 0.3) is 0 Å². The van der Waals surface area contributed by atoms with E-state index in [0.29, 0.717) is 10.9 Å². The van der Waals surface area contributed by atoms with E-state index in [-0.39, 0.29) is 10.8 Å². The summed E-state index contributed by atoms with van der Waals surface area (Å²) in [7, 11) is 1.39. The molecule has 68 valence electrons. The zero-order valence-corrected chi connectivity index (χ0v) is 7.52. The first-order chi connectivity index (χ1) is 6.24. The van der Waals surface area contributed by atoms with Gasteiger partial charge in [0.2, 0.25) is 0 Å². The predicted molar refractivity (Wildman–Crippen MR) is 47.6 cm³/mol. The fourth-order valence-electron chi connectivity index (χ4n) is 1.15. The molecule has 1 N–H and O–H groups in total. The van der Waals surface area contributed by atoms with Crippen LogP contribution in [0.4, 0.5) is 4.39 Å². The van der Waals surface area contributed by atoms with E-state index >= 15 is 0 Å². The van der Waals surface area contributed by atoms with Gasteiger partial charge in [-0.25, -0.2) is 4.39 Å². The summed E-state index contributed by atoms with van der Waals surface area (Å²) in [5.41, 5.74) is 0.656. The number of nitrogens with one attached hydrogen (secondary N) is 1. The number of methoxy groups -OCH3 is 1. The van der Waals surface area contributed by atoms with Crippen LogP contribution >= 0.6 is 11.6 Å². The van der Waals surface area contributed by atoms with Gasteiger partial charge in [-0.15, -0.1) is 0 Å². The van der Waals surface area contributed by atoms with Crippen LogP contribution in [-0.4, -0.2) is 17.3 Å². The first-order valence-electron chi connectivity index (χ1n) is 3.59. The monoisotopic (exact) mass is 200 g/mol. The zero-order chi connectivity index (χ0) is 9.42.